The minimum Gasteiger partial charge on any atom is -0.457 e. The Morgan fingerprint density at radius 1 is 0.218 bits per heavy atom. The molecule has 0 spiro atoms. The van der Waals surface area contributed by atoms with E-state index < -0.39 is 18.1 Å². The van der Waals surface area contributed by atoms with Crippen molar-refractivity contribution in [1.82, 2.24) is 0 Å². The van der Waals surface area contributed by atoms with Crippen LogP contribution in [0.4, 0.5) is 0 Å². The number of rotatable bonds is 14. The lowest BCUT2D eigenvalue weighted by Crippen LogP contribution is -2.56. The predicted molar refractivity (Wildman–Crippen MR) is 226 cm³/mol. The lowest BCUT2D eigenvalue weighted by Gasteiger charge is -2.26. The van der Waals surface area contributed by atoms with Crippen molar-refractivity contribution < 1.29 is 23.1 Å². The molecule has 8 rings (SSSR count). The van der Waals surface area contributed by atoms with Crippen LogP contribution in [0.5, 0.6) is 46.0 Å². The zero-order valence-electron chi connectivity index (χ0n) is 30.0. The molecule has 5 nitrogen and oxygen atoms in total. The fourth-order valence-electron chi connectivity index (χ4n) is 6.30. The van der Waals surface area contributed by atoms with Crippen LogP contribution in [-0.2, 0) is 4.12 Å². The number of ether oxygens (including phenoxy) is 4. The molecule has 0 aliphatic rings. The number of hydrogen-bond acceptors (Lipinski definition) is 5. The van der Waals surface area contributed by atoms with Crippen LogP contribution in [0.25, 0.3) is 0 Å². The molecule has 0 aliphatic carbocycles. The number of para-hydroxylation sites is 4. The van der Waals surface area contributed by atoms with E-state index in [0.29, 0.717) is 0 Å². The molecule has 0 unspecified atom stereocenters. The summed E-state index contributed by atoms with van der Waals surface area (Å²) in [6.45, 7) is 0. The zero-order chi connectivity index (χ0) is 37.1. The van der Waals surface area contributed by atoms with Crippen LogP contribution in [0.15, 0.2) is 218 Å². The molecule has 0 saturated heterocycles. The van der Waals surface area contributed by atoms with Gasteiger partial charge in [-0.1, -0.05) is 121 Å². The second-order valence-corrected chi connectivity index (χ2v) is 18.1. The molecule has 8 aromatic rings. The lowest BCUT2D eigenvalue weighted by molar-refractivity contribution is 0.482. The number of benzene rings is 8. The van der Waals surface area contributed by atoms with Crippen LogP contribution >= 0.6 is 0 Å². The van der Waals surface area contributed by atoms with Gasteiger partial charge in [0.2, 0.25) is 18.1 Å². The van der Waals surface area contributed by atoms with Gasteiger partial charge in [-0.2, -0.15) is 0 Å². The van der Waals surface area contributed by atoms with Crippen molar-refractivity contribution in [2.24, 2.45) is 0 Å². The van der Waals surface area contributed by atoms with Crippen molar-refractivity contribution in [2.75, 3.05) is 0 Å². The Morgan fingerprint density at radius 3 is 0.673 bits per heavy atom. The molecule has 7 heteroatoms. The lowest BCUT2D eigenvalue weighted by atomic mass is 10.3. The van der Waals surface area contributed by atoms with E-state index in [1.165, 1.54) is 0 Å². The summed E-state index contributed by atoms with van der Waals surface area (Å²) < 4.78 is 33.1. The summed E-state index contributed by atoms with van der Waals surface area (Å²) in [5, 5.41) is 4.32. The molecule has 0 aliphatic heterocycles. The highest BCUT2D eigenvalue weighted by molar-refractivity contribution is 6.91. The van der Waals surface area contributed by atoms with Crippen molar-refractivity contribution in [1.29, 1.82) is 0 Å². The molecule has 0 aromatic heterocycles. The van der Waals surface area contributed by atoms with E-state index in [4.69, 9.17) is 23.1 Å². The molecule has 0 N–H and O–H groups in total. The topological polar surface area (TPSA) is 46.2 Å². The molecule has 0 atom stereocenters. The molecule has 8 aromatic carbocycles. The molecule has 0 amide bonds. The van der Waals surface area contributed by atoms with E-state index in [2.05, 4.69) is 48.5 Å². The molecule has 268 valence electrons. The first-order valence-electron chi connectivity index (χ1n) is 18.2. The molecule has 0 heterocycles. The third kappa shape index (κ3) is 9.48. The molecule has 0 saturated carbocycles. The minimum absolute atomic E-state index is 0.747. The molecular weight excluding hydrogens is 713 g/mol. The Kier molecular flexibility index (Phi) is 11.2. The van der Waals surface area contributed by atoms with E-state index in [0.717, 1.165) is 66.7 Å². The Bertz CT molecular complexity index is 2090. The van der Waals surface area contributed by atoms with Crippen LogP contribution in [0.3, 0.4) is 0 Å². The quantitative estimate of drug-likeness (QED) is 0.104. The van der Waals surface area contributed by atoms with Crippen LogP contribution < -0.4 is 39.7 Å². The highest BCUT2D eigenvalue weighted by atomic mass is 28.4. The average molecular weight is 751 g/mol. The summed E-state index contributed by atoms with van der Waals surface area (Å²) in [4.78, 5) is 0. The van der Waals surface area contributed by atoms with Crippen LogP contribution in [0.2, 0.25) is 0 Å². The zero-order valence-corrected chi connectivity index (χ0v) is 32.3. The predicted octanol–water partition coefficient (Wildman–Crippen LogP) is 9.25. The van der Waals surface area contributed by atoms with Gasteiger partial charge < -0.3 is 23.1 Å². The van der Waals surface area contributed by atoms with Crippen molar-refractivity contribution in [2.45, 2.75) is 0 Å². The van der Waals surface area contributed by atoms with E-state index >= 15 is 0 Å². The standard InChI is InChI=1S/C48H38O5Si2/c1-5-17-37(18-6-1)49-41-25-13-29-45(33-41)54(46-30-14-26-42(34-46)50-38-19-7-2-8-20-38)53-55(47-31-15-27-43(35-47)51-39-21-9-3-10-22-39)48-32-16-28-44(36-48)52-40-23-11-4-12-24-40/h1-36,54-55H. The second kappa shape index (κ2) is 17.5. The summed E-state index contributed by atoms with van der Waals surface area (Å²) in [5.74, 6) is 6.08. The van der Waals surface area contributed by atoms with Gasteiger partial charge in [0.1, 0.15) is 46.0 Å². The smallest absolute Gasteiger partial charge is 0.229 e. The first-order valence-corrected chi connectivity index (χ1v) is 21.4. The van der Waals surface area contributed by atoms with Crippen molar-refractivity contribution >= 4 is 38.8 Å². The third-order valence-corrected chi connectivity index (χ3v) is 14.9. The van der Waals surface area contributed by atoms with E-state index in [1.54, 1.807) is 0 Å². The highest BCUT2D eigenvalue weighted by Crippen LogP contribution is 2.24. The minimum atomic E-state index is -2.47. The second-order valence-electron chi connectivity index (χ2n) is 12.8. The molecule has 0 radical (unpaired) electrons. The van der Waals surface area contributed by atoms with Crippen LogP contribution in [0, 0.1) is 0 Å². The summed E-state index contributed by atoms with van der Waals surface area (Å²) in [6, 6.07) is 72.5. The van der Waals surface area contributed by atoms with Gasteiger partial charge in [0.15, 0.2) is 0 Å². The summed E-state index contributed by atoms with van der Waals surface area (Å²) in [6.07, 6.45) is 0. The maximum atomic E-state index is 7.67. The Labute approximate surface area is 325 Å². The van der Waals surface area contributed by atoms with Crippen LogP contribution in [-0.4, -0.2) is 18.1 Å². The van der Waals surface area contributed by atoms with Gasteiger partial charge in [-0.05, 0) is 118 Å². The first-order chi connectivity index (χ1) is 27.2. The fraction of sp³-hybridized carbons (Fsp3) is 0. The molecule has 0 fully saturated rings. The van der Waals surface area contributed by atoms with E-state index in [1.807, 2.05) is 170 Å². The molecular formula is C48H38O5Si2. The van der Waals surface area contributed by atoms with Crippen molar-refractivity contribution in [3.8, 4) is 46.0 Å². The maximum absolute atomic E-state index is 7.67. The van der Waals surface area contributed by atoms with Gasteiger partial charge in [0.25, 0.3) is 0 Å². The van der Waals surface area contributed by atoms with Gasteiger partial charge in [0, 0.05) is 0 Å². The van der Waals surface area contributed by atoms with Gasteiger partial charge in [-0.15, -0.1) is 0 Å². The first kappa shape index (κ1) is 35.4. The summed E-state index contributed by atoms with van der Waals surface area (Å²) >= 11 is 0. The van der Waals surface area contributed by atoms with Gasteiger partial charge in [0.05, 0.1) is 0 Å². The SMILES string of the molecule is c1ccc(Oc2cccc([SiH](O[SiH](c3cccc(Oc4ccccc4)c3)c3cccc(Oc4ccccc4)c3)c3cccc(Oc4ccccc4)c3)c2)cc1. The Hall–Kier alpha value is -6.65. The van der Waals surface area contributed by atoms with E-state index in [9.17, 15) is 0 Å². The van der Waals surface area contributed by atoms with Crippen LogP contribution in [0.1, 0.15) is 0 Å². The van der Waals surface area contributed by atoms with E-state index in [-0.39, 0.29) is 0 Å². The van der Waals surface area contributed by atoms with Crippen molar-refractivity contribution in [3.63, 3.8) is 0 Å². The molecule has 0 bridgehead atoms. The largest absolute Gasteiger partial charge is 0.457 e. The Balaban J connectivity index is 1.21. The highest BCUT2D eigenvalue weighted by Gasteiger charge is 2.28. The van der Waals surface area contributed by atoms with Gasteiger partial charge in [-0.25, -0.2) is 0 Å². The summed E-state index contributed by atoms with van der Waals surface area (Å²) in [5.41, 5.74) is 0. The average Bonchev–Trinajstić information content (AvgIpc) is 3.23. The number of hydrogen-bond donors (Lipinski definition) is 0. The van der Waals surface area contributed by atoms with Gasteiger partial charge in [-0.3, -0.25) is 0 Å². The summed E-state index contributed by atoms with van der Waals surface area (Å²) in [7, 11) is -4.94. The molecule has 55 heavy (non-hydrogen) atoms. The maximum Gasteiger partial charge on any atom is 0.229 e. The normalized spacial score (nSPS) is 10.9. The third-order valence-electron chi connectivity index (χ3n) is 8.83. The van der Waals surface area contributed by atoms with Gasteiger partial charge >= 0.3 is 0 Å². The Morgan fingerprint density at radius 2 is 0.436 bits per heavy atom. The monoisotopic (exact) mass is 750 g/mol. The fourth-order valence-corrected chi connectivity index (χ4v) is 13.1. The van der Waals surface area contributed by atoms with Crippen molar-refractivity contribution in [3.05, 3.63) is 218 Å².